The highest BCUT2D eigenvalue weighted by atomic mass is 31.2. The predicted octanol–water partition coefficient (Wildman–Crippen LogP) is 21.3. The number of carbonyl (C=O) groups is 2. The van der Waals surface area contributed by atoms with Gasteiger partial charge in [0.15, 0.2) is 6.10 Å². The Balaban J connectivity index is 3.93. The highest BCUT2D eigenvalue weighted by Gasteiger charge is 2.27. The maximum atomic E-state index is 12.8. The number of allylic oxidation sites excluding steroid dienone is 8. The molecule has 2 atom stereocenters. The number of hydrogen-bond donors (Lipinski definition) is 1. The zero-order valence-electron chi connectivity index (χ0n) is 52.2. The van der Waals surface area contributed by atoms with Gasteiger partial charge in [-0.2, -0.15) is 0 Å². The first kappa shape index (κ1) is 76.0. The molecule has 0 aliphatic carbocycles. The highest BCUT2D eigenvalue weighted by molar-refractivity contribution is 7.47. The number of unbranched alkanes of at least 4 members (excludes halogenated alkanes) is 40. The van der Waals surface area contributed by atoms with Gasteiger partial charge in [0, 0.05) is 12.8 Å². The summed E-state index contributed by atoms with van der Waals surface area (Å²) in [6.07, 6.45) is 76.5. The van der Waals surface area contributed by atoms with E-state index in [1.165, 1.54) is 231 Å². The minimum absolute atomic E-state index is 0.0350. The second kappa shape index (κ2) is 59.6. The number of rotatable bonds is 62. The van der Waals surface area contributed by atoms with Gasteiger partial charge < -0.3 is 18.9 Å². The summed E-state index contributed by atoms with van der Waals surface area (Å²) in [4.78, 5) is 35.8. The predicted molar refractivity (Wildman–Crippen MR) is 335 cm³/mol. The van der Waals surface area contributed by atoms with Crippen molar-refractivity contribution >= 4 is 19.8 Å². The monoisotopic (exact) mass is 1120 g/mol. The fraction of sp³-hybridized carbons (Fsp3) is 0.853. The Hall–Kier alpha value is -2.03. The van der Waals surface area contributed by atoms with Crippen LogP contribution < -0.4 is 0 Å². The summed E-state index contributed by atoms with van der Waals surface area (Å²) < 4.78 is 34.7. The summed E-state index contributed by atoms with van der Waals surface area (Å²) in [5, 5.41) is 0. The summed E-state index contributed by atoms with van der Waals surface area (Å²) in [6.45, 7) is 4.38. The van der Waals surface area contributed by atoms with Crippen molar-refractivity contribution < 1.29 is 42.1 Å². The van der Waals surface area contributed by atoms with E-state index in [9.17, 15) is 19.0 Å². The number of likely N-dealkylation sites (N-methyl/N-ethyl adjacent to an activating group) is 1. The molecular formula is C68H129NO8P+. The van der Waals surface area contributed by atoms with E-state index in [0.717, 1.165) is 57.8 Å². The van der Waals surface area contributed by atoms with E-state index < -0.39 is 26.5 Å². The molecule has 0 aromatic carbocycles. The average molecular weight is 1120 g/mol. The molecule has 0 saturated heterocycles. The van der Waals surface area contributed by atoms with Gasteiger partial charge in [-0.3, -0.25) is 18.6 Å². The lowest BCUT2D eigenvalue weighted by Gasteiger charge is -2.24. The number of phosphoric ester groups is 1. The smallest absolute Gasteiger partial charge is 0.462 e. The van der Waals surface area contributed by atoms with E-state index >= 15 is 0 Å². The lowest BCUT2D eigenvalue weighted by atomic mass is 10.0. The molecule has 0 amide bonds. The molecule has 0 saturated carbocycles. The molecular weight excluding hydrogens is 990 g/mol. The van der Waals surface area contributed by atoms with E-state index in [-0.39, 0.29) is 25.6 Å². The molecule has 1 N–H and O–H groups in total. The van der Waals surface area contributed by atoms with Crippen molar-refractivity contribution in [2.45, 2.75) is 328 Å². The number of nitrogens with zero attached hydrogens (tertiary/aromatic N) is 1. The van der Waals surface area contributed by atoms with E-state index in [2.05, 4.69) is 62.5 Å². The van der Waals surface area contributed by atoms with Crippen LogP contribution in [0.1, 0.15) is 322 Å². The Morgan fingerprint density at radius 1 is 0.410 bits per heavy atom. The van der Waals surface area contributed by atoms with Crippen LogP contribution in [-0.2, 0) is 32.7 Å². The Bertz CT molecular complexity index is 1460. The molecule has 0 spiro atoms. The number of quaternary nitrogens is 1. The van der Waals surface area contributed by atoms with Crippen LogP contribution in [0.5, 0.6) is 0 Å². The molecule has 0 rings (SSSR count). The normalized spacial score (nSPS) is 13.5. The number of hydrogen-bond acceptors (Lipinski definition) is 7. The third-order valence-electron chi connectivity index (χ3n) is 14.9. The van der Waals surface area contributed by atoms with Gasteiger partial charge in [0.2, 0.25) is 0 Å². The maximum absolute atomic E-state index is 12.8. The van der Waals surface area contributed by atoms with Crippen LogP contribution in [0.3, 0.4) is 0 Å². The minimum Gasteiger partial charge on any atom is -0.462 e. The molecule has 2 unspecified atom stereocenters. The van der Waals surface area contributed by atoms with Crippen molar-refractivity contribution in [2.24, 2.45) is 0 Å². The first-order valence-electron chi connectivity index (χ1n) is 33.4. The fourth-order valence-corrected chi connectivity index (χ4v) is 10.5. The topological polar surface area (TPSA) is 108 Å². The highest BCUT2D eigenvalue weighted by Crippen LogP contribution is 2.43. The fourth-order valence-electron chi connectivity index (χ4n) is 9.78. The molecule has 0 bridgehead atoms. The van der Waals surface area contributed by atoms with Crippen molar-refractivity contribution in [1.82, 2.24) is 0 Å². The summed E-state index contributed by atoms with van der Waals surface area (Å²) in [7, 11) is 1.50. The zero-order chi connectivity index (χ0) is 57.0. The molecule has 0 radical (unpaired) electrons. The van der Waals surface area contributed by atoms with Crippen molar-refractivity contribution in [1.29, 1.82) is 0 Å². The SMILES string of the molecule is CC/C=C\C/C=C\C/C=C\C/C=C\CCCCCCCCCCCCCCCCCCCCCCCCCCC(=O)OC(COC(=O)CCCCCCCCCCCCCCCCCCC)COP(=O)(O)OCC[N+](C)(C)C. The number of esters is 2. The van der Waals surface area contributed by atoms with Gasteiger partial charge in [-0.15, -0.1) is 0 Å². The molecule has 0 heterocycles. The molecule has 0 aromatic heterocycles. The third kappa shape index (κ3) is 63.2. The second-order valence-corrected chi connectivity index (χ2v) is 25.3. The Kier molecular flexibility index (Phi) is 58.0. The van der Waals surface area contributed by atoms with Crippen molar-refractivity contribution in [3.8, 4) is 0 Å². The summed E-state index contributed by atoms with van der Waals surface area (Å²) in [5.74, 6) is -0.777. The second-order valence-electron chi connectivity index (χ2n) is 23.8. The van der Waals surface area contributed by atoms with E-state index in [1.54, 1.807) is 0 Å². The molecule has 0 fully saturated rings. The van der Waals surface area contributed by atoms with E-state index in [4.69, 9.17) is 18.5 Å². The van der Waals surface area contributed by atoms with E-state index in [0.29, 0.717) is 23.9 Å². The van der Waals surface area contributed by atoms with Crippen LogP contribution in [0, 0.1) is 0 Å². The van der Waals surface area contributed by atoms with Crippen LogP contribution in [0.15, 0.2) is 48.6 Å². The van der Waals surface area contributed by atoms with Gasteiger partial charge in [0.1, 0.15) is 19.8 Å². The van der Waals surface area contributed by atoms with Gasteiger partial charge in [0.25, 0.3) is 0 Å². The van der Waals surface area contributed by atoms with Gasteiger partial charge in [-0.25, -0.2) is 4.57 Å². The molecule has 9 nitrogen and oxygen atoms in total. The van der Waals surface area contributed by atoms with Crippen LogP contribution in [0.4, 0.5) is 0 Å². The quantitative estimate of drug-likeness (QED) is 0.0211. The lowest BCUT2D eigenvalue weighted by molar-refractivity contribution is -0.870. The third-order valence-corrected chi connectivity index (χ3v) is 15.9. The first-order chi connectivity index (χ1) is 38.0. The Morgan fingerprint density at radius 2 is 0.731 bits per heavy atom. The first-order valence-corrected chi connectivity index (χ1v) is 34.9. The van der Waals surface area contributed by atoms with Crippen LogP contribution in [0.2, 0.25) is 0 Å². The van der Waals surface area contributed by atoms with Crippen molar-refractivity contribution in [3.63, 3.8) is 0 Å². The maximum Gasteiger partial charge on any atom is 0.472 e. The minimum atomic E-state index is -4.38. The number of carbonyl (C=O) groups excluding carboxylic acids is 2. The van der Waals surface area contributed by atoms with Gasteiger partial charge in [-0.05, 0) is 51.4 Å². The Labute approximate surface area is 484 Å². The summed E-state index contributed by atoms with van der Waals surface area (Å²) in [6, 6.07) is 0. The largest absolute Gasteiger partial charge is 0.472 e. The number of ether oxygens (including phenoxy) is 2. The lowest BCUT2D eigenvalue weighted by Crippen LogP contribution is -2.37. The molecule has 0 aliphatic rings. The van der Waals surface area contributed by atoms with Gasteiger partial charge >= 0.3 is 19.8 Å². The zero-order valence-corrected chi connectivity index (χ0v) is 53.1. The average Bonchev–Trinajstić information content (AvgIpc) is 3.41. The number of phosphoric acid groups is 1. The molecule has 78 heavy (non-hydrogen) atoms. The van der Waals surface area contributed by atoms with Crippen molar-refractivity contribution in [2.75, 3.05) is 47.5 Å². The van der Waals surface area contributed by atoms with E-state index in [1.807, 2.05) is 21.1 Å². The van der Waals surface area contributed by atoms with Crippen LogP contribution >= 0.6 is 7.82 Å². The summed E-state index contributed by atoms with van der Waals surface area (Å²) >= 11 is 0. The standard InChI is InChI=1S/C68H128NO8P/c1-6-8-10-12-14-16-18-20-22-24-25-26-27-28-29-30-31-32-33-34-35-36-37-38-39-40-41-42-43-45-47-49-51-53-55-57-59-61-68(71)77-66(65-76-78(72,73)75-63-62-69(3,4)5)64-74-67(70)60-58-56-54-52-50-48-46-44-23-21-19-17-15-13-11-9-7-2/h8,10,14,16,20,22,25-26,66H,6-7,9,11-13,15,17-19,21,23-24,27-65H2,1-5H3/p+1/b10-8-,16-14-,22-20-,26-25-. The molecule has 10 heteroatoms. The summed E-state index contributed by atoms with van der Waals surface area (Å²) in [5.41, 5.74) is 0. The van der Waals surface area contributed by atoms with Crippen molar-refractivity contribution in [3.05, 3.63) is 48.6 Å². The van der Waals surface area contributed by atoms with Crippen LogP contribution in [0.25, 0.3) is 0 Å². The Morgan fingerprint density at radius 3 is 1.09 bits per heavy atom. The molecule has 458 valence electrons. The van der Waals surface area contributed by atoms with Gasteiger partial charge in [0.05, 0.1) is 27.7 Å². The van der Waals surface area contributed by atoms with Gasteiger partial charge in [-0.1, -0.05) is 306 Å². The molecule has 0 aliphatic heterocycles. The van der Waals surface area contributed by atoms with Crippen LogP contribution in [-0.4, -0.2) is 74.9 Å². The molecule has 0 aromatic rings.